The lowest BCUT2D eigenvalue weighted by Crippen LogP contribution is -2.32. The molecule has 1 aliphatic rings. The fourth-order valence-electron chi connectivity index (χ4n) is 3.59. The summed E-state index contributed by atoms with van der Waals surface area (Å²) in [6, 6.07) is 14.2. The Morgan fingerprint density at radius 3 is 2.46 bits per heavy atom. The number of phenolic OH excluding ortho intramolecular Hbond substituents is 1. The number of fused-ring (bicyclic) bond motifs is 1. The summed E-state index contributed by atoms with van der Waals surface area (Å²) in [5, 5.41) is 17.0. The zero-order chi connectivity index (χ0) is 19.7. The molecule has 1 atom stereocenters. The van der Waals surface area contributed by atoms with E-state index in [9.17, 15) is 9.90 Å². The molecule has 0 bridgehead atoms. The highest BCUT2D eigenvalue weighted by Crippen LogP contribution is 2.43. The van der Waals surface area contributed by atoms with Crippen molar-refractivity contribution < 1.29 is 19.4 Å². The number of rotatable bonds is 6. The van der Waals surface area contributed by atoms with Crippen LogP contribution in [-0.4, -0.2) is 53.5 Å². The molecular formula is C21H21N3O4. The van der Waals surface area contributed by atoms with E-state index in [1.54, 1.807) is 31.3 Å². The second-order valence-electron chi connectivity index (χ2n) is 6.57. The summed E-state index contributed by atoms with van der Waals surface area (Å²) >= 11 is 0. The average Bonchev–Trinajstić information content (AvgIpc) is 3.26. The number of amides is 1. The van der Waals surface area contributed by atoms with Gasteiger partial charge in [-0.05, 0) is 42.0 Å². The van der Waals surface area contributed by atoms with Crippen LogP contribution in [0.25, 0.3) is 11.3 Å². The number of carbonyl (C=O) groups excluding carboxylic acids is 1. The number of nitrogens with one attached hydrogen (secondary N) is 1. The summed E-state index contributed by atoms with van der Waals surface area (Å²) in [6.07, 6.45) is 0. The molecule has 144 valence electrons. The molecule has 7 nitrogen and oxygen atoms in total. The monoisotopic (exact) mass is 379 g/mol. The zero-order valence-corrected chi connectivity index (χ0v) is 15.7. The molecule has 0 radical (unpaired) electrons. The average molecular weight is 379 g/mol. The Bertz CT molecular complexity index is 980. The molecule has 0 aliphatic carbocycles. The van der Waals surface area contributed by atoms with Crippen LogP contribution in [0.5, 0.6) is 11.5 Å². The molecule has 0 saturated carbocycles. The molecule has 0 saturated heterocycles. The smallest absolute Gasteiger partial charge is 0.273 e. The normalized spacial score (nSPS) is 15.7. The van der Waals surface area contributed by atoms with E-state index in [1.807, 2.05) is 36.4 Å². The van der Waals surface area contributed by atoms with Gasteiger partial charge in [-0.2, -0.15) is 5.10 Å². The number of aromatic hydroxyl groups is 1. The van der Waals surface area contributed by atoms with Crippen LogP contribution in [0.4, 0.5) is 0 Å². The molecule has 7 heteroatoms. The van der Waals surface area contributed by atoms with Gasteiger partial charge in [0, 0.05) is 24.8 Å². The molecule has 1 aliphatic heterocycles. The number of aromatic nitrogens is 2. The third kappa shape index (κ3) is 2.99. The van der Waals surface area contributed by atoms with Gasteiger partial charge in [-0.25, -0.2) is 0 Å². The molecular weight excluding hydrogens is 358 g/mol. The van der Waals surface area contributed by atoms with Crippen LogP contribution in [0, 0.1) is 0 Å². The van der Waals surface area contributed by atoms with Crippen LogP contribution in [0.3, 0.4) is 0 Å². The Hall–Kier alpha value is -3.32. The van der Waals surface area contributed by atoms with Crippen LogP contribution in [0.1, 0.15) is 27.7 Å². The van der Waals surface area contributed by atoms with E-state index < -0.39 is 0 Å². The number of nitrogens with zero attached hydrogens (tertiary/aromatic N) is 2. The van der Waals surface area contributed by atoms with E-state index in [1.165, 1.54) is 0 Å². The number of aromatic amines is 1. The predicted molar refractivity (Wildman–Crippen MR) is 103 cm³/mol. The molecule has 28 heavy (non-hydrogen) atoms. The molecule has 2 aromatic carbocycles. The number of H-pyrrole nitrogens is 1. The standard InChI is InChI=1S/C21H21N3O4/c1-27-12-11-24-20(14-3-7-15(25)8-4-14)17-18(22-23-19(17)21(24)26)13-5-9-16(28-2)10-6-13/h3-10,20,25H,11-12H2,1-2H3,(H,22,23). The lowest BCUT2D eigenvalue weighted by Gasteiger charge is -2.26. The minimum absolute atomic E-state index is 0.114. The van der Waals surface area contributed by atoms with E-state index in [0.717, 1.165) is 28.1 Å². The number of carbonyl (C=O) groups is 1. The van der Waals surface area contributed by atoms with E-state index in [-0.39, 0.29) is 17.7 Å². The first-order valence-corrected chi connectivity index (χ1v) is 8.95. The van der Waals surface area contributed by atoms with Crippen molar-refractivity contribution in [2.75, 3.05) is 27.4 Å². The van der Waals surface area contributed by atoms with Gasteiger partial charge in [-0.1, -0.05) is 12.1 Å². The second-order valence-corrected chi connectivity index (χ2v) is 6.57. The van der Waals surface area contributed by atoms with Crippen LogP contribution < -0.4 is 4.74 Å². The molecule has 0 fully saturated rings. The Labute approximate surface area is 162 Å². The van der Waals surface area contributed by atoms with Gasteiger partial charge < -0.3 is 19.5 Å². The SMILES string of the molecule is COCCN1C(=O)c2[nH]nc(-c3ccc(OC)cc3)c2C1c1ccc(O)cc1. The molecule has 1 unspecified atom stereocenters. The fraction of sp³-hybridized carbons (Fsp3) is 0.238. The van der Waals surface area contributed by atoms with Gasteiger partial charge in [-0.15, -0.1) is 0 Å². The first-order valence-electron chi connectivity index (χ1n) is 8.95. The Morgan fingerprint density at radius 1 is 1.11 bits per heavy atom. The highest BCUT2D eigenvalue weighted by molar-refractivity contribution is 6.00. The second kappa shape index (κ2) is 7.36. The van der Waals surface area contributed by atoms with E-state index in [4.69, 9.17) is 9.47 Å². The lowest BCUT2D eigenvalue weighted by molar-refractivity contribution is 0.0677. The molecule has 4 rings (SSSR count). The summed E-state index contributed by atoms with van der Waals surface area (Å²) in [7, 11) is 3.23. The fourth-order valence-corrected chi connectivity index (χ4v) is 3.59. The van der Waals surface area contributed by atoms with Crippen molar-refractivity contribution in [1.29, 1.82) is 0 Å². The first-order chi connectivity index (χ1) is 13.6. The number of hydrogen-bond donors (Lipinski definition) is 2. The van der Waals surface area contributed by atoms with Crippen LogP contribution in [-0.2, 0) is 4.74 Å². The molecule has 0 spiro atoms. The maximum Gasteiger partial charge on any atom is 0.273 e. The summed E-state index contributed by atoms with van der Waals surface area (Å²) < 4.78 is 10.4. The van der Waals surface area contributed by atoms with E-state index in [2.05, 4.69) is 10.2 Å². The van der Waals surface area contributed by atoms with Gasteiger partial charge in [0.05, 0.1) is 25.5 Å². The van der Waals surface area contributed by atoms with Gasteiger partial charge in [0.15, 0.2) is 0 Å². The molecule has 1 amide bonds. The quantitative estimate of drug-likeness (QED) is 0.687. The number of hydrogen-bond acceptors (Lipinski definition) is 5. The maximum absolute atomic E-state index is 13.0. The summed E-state index contributed by atoms with van der Waals surface area (Å²) in [5.74, 6) is 0.820. The minimum atomic E-state index is -0.311. The highest BCUT2D eigenvalue weighted by Gasteiger charge is 2.41. The Morgan fingerprint density at radius 2 is 1.82 bits per heavy atom. The number of methoxy groups -OCH3 is 2. The van der Waals surface area contributed by atoms with Gasteiger partial charge in [-0.3, -0.25) is 9.89 Å². The number of phenols is 1. The van der Waals surface area contributed by atoms with Crippen LogP contribution in [0.15, 0.2) is 48.5 Å². The van der Waals surface area contributed by atoms with Crippen molar-refractivity contribution in [3.05, 3.63) is 65.4 Å². The number of benzene rings is 2. The van der Waals surface area contributed by atoms with Gasteiger partial charge >= 0.3 is 0 Å². The van der Waals surface area contributed by atoms with Crippen LogP contribution in [0.2, 0.25) is 0 Å². The third-order valence-corrected chi connectivity index (χ3v) is 4.97. The van der Waals surface area contributed by atoms with Gasteiger partial charge in [0.1, 0.15) is 17.2 Å². The minimum Gasteiger partial charge on any atom is -0.508 e. The highest BCUT2D eigenvalue weighted by atomic mass is 16.5. The van der Waals surface area contributed by atoms with E-state index in [0.29, 0.717) is 18.8 Å². The van der Waals surface area contributed by atoms with Gasteiger partial charge in [0.25, 0.3) is 5.91 Å². The first kappa shape index (κ1) is 18.1. The molecule has 1 aromatic heterocycles. The maximum atomic E-state index is 13.0. The molecule has 3 aromatic rings. The molecule has 2 N–H and O–H groups in total. The third-order valence-electron chi connectivity index (χ3n) is 4.97. The van der Waals surface area contributed by atoms with Crippen molar-refractivity contribution in [2.45, 2.75) is 6.04 Å². The number of ether oxygens (including phenoxy) is 2. The topological polar surface area (TPSA) is 87.7 Å². The van der Waals surface area contributed by atoms with Crippen molar-refractivity contribution in [1.82, 2.24) is 15.1 Å². The van der Waals surface area contributed by atoms with Crippen molar-refractivity contribution in [3.63, 3.8) is 0 Å². The summed E-state index contributed by atoms with van der Waals surface area (Å²) in [5.41, 5.74) is 3.83. The molecule has 2 heterocycles. The summed E-state index contributed by atoms with van der Waals surface area (Å²) in [4.78, 5) is 14.8. The largest absolute Gasteiger partial charge is 0.508 e. The van der Waals surface area contributed by atoms with Crippen molar-refractivity contribution >= 4 is 5.91 Å². The van der Waals surface area contributed by atoms with Crippen LogP contribution >= 0.6 is 0 Å². The van der Waals surface area contributed by atoms with Crippen molar-refractivity contribution in [2.24, 2.45) is 0 Å². The lowest BCUT2D eigenvalue weighted by atomic mass is 9.96. The zero-order valence-electron chi connectivity index (χ0n) is 15.7. The van der Waals surface area contributed by atoms with Crippen molar-refractivity contribution in [3.8, 4) is 22.8 Å². The van der Waals surface area contributed by atoms with E-state index >= 15 is 0 Å². The van der Waals surface area contributed by atoms with Gasteiger partial charge in [0.2, 0.25) is 0 Å². The summed E-state index contributed by atoms with van der Waals surface area (Å²) in [6.45, 7) is 0.876. The Kier molecular flexibility index (Phi) is 4.75. The predicted octanol–water partition coefficient (Wildman–Crippen LogP) is 2.98. The Balaban J connectivity index is 1.82.